The Bertz CT molecular complexity index is 1050. The van der Waals surface area contributed by atoms with Crippen molar-refractivity contribution in [2.24, 2.45) is 0 Å². The van der Waals surface area contributed by atoms with E-state index in [0.717, 1.165) is 12.0 Å². The van der Waals surface area contributed by atoms with Gasteiger partial charge in [0.15, 0.2) is 11.5 Å². The van der Waals surface area contributed by atoms with Gasteiger partial charge in [0.2, 0.25) is 12.7 Å². The number of hydrogen-bond donors (Lipinski definition) is 0. The lowest BCUT2D eigenvalue weighted by Crippen LogP contribution is -2.42. The molecule has 1 aliphatic heterocycles. The van der Waals surface area contributed by atoms with E-state index in [1.807, 2.05) is 43.3 Å². The lowest BCUT2D eigenvalue weighted by Gasteiger charge is -2.27. The minimum absolute atomic E-state index is 0.0192. The summed E-state index contributed by atoms with van der Waals surface area (Å²) in [5.41, 5.74) is 1.48. The van der Waals surface area contributed by atoms with Gasteiger partial charge in [-0.15, -0.1) is 0 Å². The number of carbonyl (C=O) groups excluding carboxylic acids is 2. The molecule has 2 heterocycles. The molecule has 1 aromatic heterocycles. The van der Waals surface area contributed by atoms with Crippen LogP contribution in [-0.2, 0) is 17.9 Å². The third-order valence-corrected chi connectivity index (χ3v) is 5.22. The molecule has 3 aromatic rings. The van der Waals surface area contributed by atoms with E-state index in [9.17, 15) is 9.59 Å². The molecule has 7 nitrogen and oxygen atoms in total. The van der Waals surface area contributed by atoms with Gasteiger partial charge >= 0.3 is 0 Å². The van der Waals surface area contributed by atoms with Crippen molar-refractivity contribution in [1.29, 1.82) is 0 Å². The Labute approximate surface area is 187 Å². The first kappa shape index (κ1) is 21.5. The monoisotopic (exact) mass is 434 g/mol. The molecule has 7 heteroatoms. The molecule has 0 spiro atoms. The SMILES string of the molecule is CCCN(CC(=O)N(Cc1ccccc1)Cc1ccco1)C(=O)c1ccc2c(c1)OCO2. The quantitative estimate of drug-likeness (QED) is 0.507. The van der Waals surface area contributed by atoms with Gasteiger partial charge in [-0.2, -0.15) is 0 Å². The van der Waals surface area contributed by atoms with Crippen LogP contribution >= 0.6 is 0 Å². The molecule has 0 saturated carbocycles. The highest BCUT2D eigenvalue weighted by Crippen LogP contribution is 2.32. The maximum Gasteiger partial charge on any atom is 0.254 e. The number of carbonyl (C=O) groups is 2. The Morgan fingerprint density at radius 1 is 0.906 bits per heavy atom. The van der Waals surface area contributed by atoms with Crippen LogP contribution in [0.5, 0.6) is 11.5 Å². The van der Waals surface area contributed by atoms with Crippen LogP contribution in [0.25, 0.3) is 0 Å². The van der Waals surface area contributed by atoms with Crippen LogP contribution in [0, 0.1) is 0 Å². The van der Waals surface area contributed by atoms with Crippen LogP contribution in [0.2, 0.25) is 0 Å². The number of fused-ring (bicyclic) bond motifs is 1. The van der Waals surface area contributed by atoms with E-state index < -0.39 is 0 Å². The average Bonchev–Trinajstić information content (AvgIpc) is 3.50. The van der Waals surface area contributed by atoms with Gasteiger partial charge in [0, 0.05) is 18.7 Å². The van der Waals surface area contributed by atoms with Crippen molar-refractivity contribution in [2.45, 2.75) is 26.4 Å². The maximum atomic E-state index is 13.3. The lowest BCUT2D eigenvalue weighted by molar-refractivity contribution is -0.133. The Hall–Kier alpha value is -3.74. The molecule has 1 aliphatic rings. The van der Waals surface area contributed by atoms with Gasteiger partial charge in [-0.3, -0.25) is 9.59 Å². The van der Waals surface area contributed by atoms with Crippen molar-refractivity contribution in [3.05, 3.63) is 83.8 Å². The van der Waals surface area contributed by atoms with Crippen LogP contribution in [0.4, 0.5) is 0 Å². The number of furan rings is 1. The molecule has 2 amide bonds. The molecule has 32 heavy (non-hydrogen) atoms. The zero-order valence-electron chi connectivity index (χ0n) is 18.0. The summed E-state index contributed by atoms with van der Waals surface area (Å²) < 4.78 is 16.2. The minimum Gasteiger partial charge on any atom is -0.467 e. The Morgan fingerprint density at radius 2 is 1.72 bits per heavy atom. The first-order valence-corrected chi connectivity index (χ1v) is 10.7. The van der Waals surface area contributed by atoms with Crippen LogP contribution in [0.15, 0.2) is 71.3 Å². The molecule has 166 valence electrons. The van der Waals surface area contributed by atoms with Gasteiger partial charge in [0.05, 0.1) is 12.8 Å². The molecule has 0 saturated heterocycles. The summed E-state index contributed by atoms with van der Waals surface area (Å²) in [6.07, 6.45) is 2.33. The Morgan fingerprint density at radius 3 is 2.47 bits per heavy atom. The molecule has 0 N–H and O–H groups in total. The van der Waals surface area contributed by atoms with Crippen LogP contribution in [-0.4, -0.2) is 41.5 Å². The molecule has 0 bridgehead atoms. The molecule has 0 unspecified atom stereocenters. The van der Waals surface area contributed by atoms with Crippen LogP contribution in [0.1, 0.15) is 35.0 Å². The van der Waals surface area contributed by atoms with E-state index >= 15 is 0 Å². The van der Waals surface area contributed by atoms with Crippen molar-refractivity contribution in [3.8, 4) is 11.5 Å². The molecular weight excluding hydrogens is 408 g/mol. The summed E-state index contributed by atoms with van der Waals surface area (Å²) in [5, 5.41) is 0. The van der Waals surface area contributed by atoms with Crippen molar-refractivity contribution in [3.63, 3.8) is 0 Å². The van der Waals surface area contributed by atoms with E-state index in [4.69, 9.17) is 13.9 Å². The van der Waals surface area contributed by atoms with Gasteiger partial charge in [0.25, 0.3) is 5.91 Å². The van der Waals surface area contributed by atoms with Gasteiger partial charge < -0.3 is 23.7 Å². The Kier molecular flexibility index (Phi) is 6.75. The van der Waals surface area contributed by atoms with E-state index in [-0.39, 0.29) is 25.2 Å². The summed E-state index contributed by atoms with van der Waals surface area (Å²) in [5.74, 6) is 1.50. The third-order valence-electron chi connectivity index (χ3n) is 5.22. The summed E-state index contributed by atoms with van der Waals surface area (Å²) in [7, 11) is 0. The number of nitrogens with zero attached hydrogens (tertiary/aromatic N) is 2. The highest BCUT2D eigenvalue weighted by Gasteiger charge is 2.24. The van der Waals surface area contributed by atoms with Crippen LogP contribution < -0.4 is 9.47 Å². The predicted octanol–water partition coefficient (Wildman–Crippen LogP) is 4.09. The zero-order valence-corrected chi connectivity index (χ0v) is 18.0. The number of ether oxygens (including phenoxy) is 2. The normalized spacial score (nSPS) is 11.9. The highest BCUT2D eigenvalue weighted by atomic mass is 16.7. The first-order valence-electron chi connectivity index (χ1n) is 10.7. The number of amides is 2. The van der Waals surface area contributed by atoms with Crippen LogP contribution in [0.3, 0.4) is 0 Å². The second-order valence-corrected chi connectivity index (χ2v) is 7.61. The maximum absolute atomic E-state index is 13.3. The summed E-state index contributed by atoms with van der Waals surface area (Å²) in [6, 6.07) is 18.5. The third kappa shape index (κ3) is 5.11. The smallest absolute Gasteiger partial charge is 0.254 e. The van der Waals surface area contributed by atoms with Gasteiger partial charge in [-0.1, -0.05) is 37.3 Å². The summed E-state index contributed by atoms with van der Waals surface area (Å²) in [6.45, 7) is 3.34. The largest absolute Gasteiger partial charge is 0.467 e. The second kappa shape index (κ2) is 10.0. The van der Waals surface area contributed by atoms with E-state index in [2.05, 4.69) is 0 Å². The fourth-order valence-corrected chi connectivity index (χ4v) is 3.62. The molecule has 0 aliphatic carbocycles. The molecular formula is C25H26N2O5. The van der Waals surface area contributed by atoms with Gasteiger partial charge in [-0.25, -0.2) is 0 Å². The number of benzene rings is 2. The molecule has 4 rings (SSSR count). The first-order chi connectivity index (χ1) is 15.6. The lowest BCUT2D eigenvalue weighted by atomic mass is 10.1. The average molecular weight is 434 g/mol. The van der Waals surface area contributed by atoms with Crippen molar-refractivity contribution in [2.75, 3.05) is 19.9 Å². The zero-order chi connectivity index (χ0) is 22.3. The predicted molar refractivity (Wildman–Crippen MR) is 118 cm³/mol. The van der Waals surface area contributed by atoms with Gasteiger partial charge in [-0.05, 0) is 42.3 Å². The van der Waals surface area contributed by atoms with Gasteiger partial charge in [0.1, 0.15) is 12.3 Å². The fraction of sp³-hybridized carbons (Fsp3) is 0.280. The number of rotatable bonds is 9. The van der Waals surface area contributed by atoms with E-state index in [1.165, 1.54) is 0 Å². The highest BCUT2D eigenvalue weighted by molar-refractivity contribution is 5.97. The van der Waals surface area contributed by atoms with E-state index in [0.29, 0.717) is 42.5 Å². The molecule has 2 aromatic carbocycles. The fourth-order valence-electron chi connectivity index (χ4n) is 3.62. The minimum atomic E-state index is -0.212. The van der Waals surface area contributed by atoms with E-state index in [1.54, 1.807) is 40.3 Å². The molecule has 0 radical (unpaired) electrons. The van der Waals surface area contributed by atoms with Crippen molar-refractivity contribution >= 4 is 11.8 Å². The molecule has 0 fully saturated rings. The summed E-state index contributed by atoms with van der Waals surface area (Å²) in [4.78, 5) is 29.8. The van der Waals surface area contributed by atoms with Crippen molar-refractivity contribution < 1.29 is 23.5 Å². The molecule has 0 atom stereocenters. The topological polar surface area (TPSA) is 72.2 Å². The summed E-state index contributed by atoms with van der Waals surface area (Å²) >= 11 is 0. The van der Waals surface area contributed by atoms with Crippen molar-refractivity contribution in [1.82, 2.24) is 9.80 Å². The Balaban J connectivity index is 1.51. The standard InChI is InChI=1S/C25H26N2O5/c1-2-12-26(25(29)20-10-11-22-23(14-20)32-18-31-22)17-24(28)27(16-21-9-6-13-30-21)15-19-7-4-3-5-8-19/h3-11,13-14H,2,12,15-18H2,1H3. The number of hydrogen-bond acceptors (Lipinski definition) is 5. The second-order valence-electron chi connectivity index (χ2n) is 7.61.